The first-order chi connectivity index (χ1) is 9.50. The van der Waals surface area contributed by atoms with Crippen molar-refractivity contribution in [2.24, 2.45) is 0 Å². The minimum absolute atomic E-state index is 0.189. The van der Waals surface area contributed by atoms with Gasteiger partial charge in [0.15, 0.2) is 0 Å². The molecule has 0 aliphatic carbocycles. The molecule has 21 heavy (non-hydrogen) atoms. The molecule has 0 N–H and O–H groups in total. The van der Waals surface area contributed by atoms with Gasteiger partial charge in [-0.2, -0.15) is 0 Å². The number of benzene rings is 1. The number of fused-ring (bicyclic) bond motifs is 1. The first-order valence-electron chi connectivity index (χ1n) is 5.29. The lowest BCUT2D eigenvalue weighted by atomic mass is 10.0. The van der Waals surface area contributed by atoms with Gasteiger partial charge in [0.1, 0.15) is 11.9 Å². The number of hydrogen-bond acceptors (Lipinski definition) is 3. The predicted octanol–water partition coefficient (Wildman–Crippen LogP) is 5.58. The van der Waals surface area contributed by atoms with Crippen LogP contribution in [0.4, 0.5) is 0 Å². The van der Waals surface area contributed by atoms with Crippen LogP contribution in [0.15, 0.2) is 18.2 Å². The van der Waals surface area contributed by atoms with Crippen molar-refractivity contribution in [1.29, 1.82) is 0 Å². The minimum atomic E-state index is -1.90. The standard InChI is InChI=1S/C11H5Cl7O3/c12-8(19)4-1-2-6-5(3-4)7(10(13,14)15)21-9(20-6)11(16,17)18/h1-3,7,9H. The van der Waals surface area contributed by atoms with E-state index in [0.717, 1.165) is 0 Å². The van der Waals surface area contributed by atoms with Crippen LogP contribution in [-0.2, 0) is 4.74 Å². The number of rotatable bonds is 1. The quantitative estimate of drug-likeness (QED) is 0.428. The van der Waals surface area contributed by atoms with E-state index >= 15 is 0 Å². The molecule has 0 bridgehead atoms. The summed E-state index contributed by atoms with van der Waals surface area (Å²) in [5, 5.41) is -0.677. The van der Waals surface area contributed by atoms with Crippen LogP contribution in [0.25, 0.3) is 0 Å². The zero-order valence-corrected chi connectivity index (χ0v) is 15.0. The van der Waals surface area contributed by atoms with Crippen LogP contribution < -0.4 is 4.74 Å². The van der Waals surface area contributed by atoms with Gasteiger partial charge in [0.05, 0.1) is 0 Å². The number of hydrogen-bond donors (Lipinski definition) is 0. The highest BCUT2D eigenvalue weighted by Crippen LogP contribution is 2.51. The summed E-state index contributed by atoms with van der Waals surface area (Å²) >= 11 is 40.4. The van der Waals surface area contributed by atoms with E-state index in [4.69, 9.17) is 90.7 Å². The van der Waals surface area contributed by atoms with Crippen LogP contribution in [0.1, 0.15) is 22.0 Å². The highest BCUT2D eigenvalue weighted by atomic mass is 35.6. The Hall–Kier alpha value is 0.680. The van der Waals surface area contributed by atoms with Crippen LogP contribution in [0, 0.1) is 0 Å². The van der Waals surface area contributed by atoms with Gasteiger partial charge >= 0.3 is 0 Å². The van der Waals surface area contributed by atoms with Crippen LogP contribution in [0.5, 0.6) is 5.75 Å². The third kappa shape index (κ3) is 4.15. The third-order valence-electron chi connectivity index (χ3n) is 2.58. The zero-order valence-electron chi connectivity index (χ0n) is 9.76. The Morgan fingerprint density at radius 2 is 1.67 bits per heavy atom. The average Bonchev–Trinajstić information content (AvgIpc) is 2.34. The van der Waals surface area contributed by atoms with Crippen LogP contribution >= 0.6 is 81.2 Å². The monoisotopic (exact) mass is 430 g/mol. The molecule has 1 aromatic rings. The van der Waals surface area contributed by atoms with Gasteiger partial charge in [0.25, 0.3) is 9.03 Å². The van der Waals surface area contributed by atoms with Crippen molar-refractivity contribution in [3.05, 3.63) is 29.3 Å². The van der Waals surface area contributed by atoms with Crippen molar-refractivity contribution < 1.29 is 14.3 Å². The average molecular weight is 433 g/mol. The lowest BCUT2D eigenvalue weighted by molar-refractivity contribution is -0.136. The molecule has 0 aromatic heterocycles. The topological polar surface area (TPSA) is 35.5 Å². The fraction of sp³-hybridized carbons (Fsp3) is 0.364. The van der Waals surface area contributed by atoms with Crippen molar-refractivity contribution in [2.45, 2.75) is 20.0 Å². The van der Waals surface area contributed by atoms with Gasteiger partial charge in [-0.25, -0.2) is 0 Å². The van der Waals surface area contributed by atoms with E-state index < -0.39 is 25.2 Å². The molecule has 0 spiro atoms. The Bertz CT molecular complexity index is 564. The Balaban J connectivity index is 2.51. The van der Waals surface area contributed by atoms with E-state index in [-0.39, 0.29) is 11.3 Å². The molecule has 1 aliphatic rings. The van der Waals surface area contributed by atoms with Gasteiger partial charge in [-0.15, -0.1) is 0 Å². The van der Waals surface area contributed by atoms with Crippen molar-refractivity contribution in [1.82, 2.24) is 0 Å². The van der Waals surface area contributed by atoms with Crippen LogP contribution in [-0.4, -0.2) is 19.1 Å². The number of halogens is 7. The normalized spacial score (nSPS) is 22.4. The summed E-state index contributed by atoms with van der Waals surface area (Å²) in [6.45, 7) is 0. The summed E-state index contributed by atoms with van der Waals surface area (Å²) in [5.74, 6) is 0.260. The Morgan fingerprint density at radius 3 is 2.14 bits per heavy atom. The van der Waals surface area contributed by atoms with E-state index in [1.54, 1.807) is 0 Å². The summed E-state index contributed by atoms with van der Waals surface area (Å²) in [5.41, 5.74) is 0.501. The molecule has 0 fully saturated rings. The number of carbonyl (C=O) groups is 1. The van der Waals surface area contributed by atoms with Crippen LogP contribution in [0.2, 0.25) is 0 Å². The second kappa shape index (κ2) is 6.29. The van der Waals surface area contributed by atoms with Crippen molar-refractivity contribution in [3.8, 4) is 5.75 Å². The Morgan fingerprint density at radius 1 is 1.05 bits per heavy atom. The largest absolute Gasteiger partial charge is 0.460 e. The molecule has 0 saturated carbocycles. The SMILES string of the molecule is O=C(Cl)c1ccc2c(c1)C(C(Cl)(Cl)Cl)OC(C(Cl)(Cl)Cl)O2. The first-order valence-corrected chi connectivity index (χ1v) is 7.94. The molecule has 0 saturated heterocycles. The molecule has 1 heterocycles. The van der Waals surface area contributed by atoms with Gasteiger partial charge in [-0.3, -0.25) is 4.79 Å². The predicted molar refractivity (Wildman–Crippen MR) is 85.4 cm³/mol. The van der Waals surface area contributed by atoms with Crippen molar-refractivity contribution in [2.75, 3.05) is 0 Å². The minimum Gasteiger partial charge on any atom is -0.460 e. The smallest absolute Gasteiger partial charge is 0.252 e. The first kappa shape index (κ1) is 18.0. The second-order valence-corrected chi connectivity index (χ2v) is 9.16. The molecular formula is C11H5Cl7O3. The van der Waals surface area contributed by atoms with E-state index in [0.29, 0.717) is 5.56 Å². The lowest BCUT2D eigenvalue weighted by Gasteiger charge is -2.38. The molecular weight excluding hydrogens is 428 g/mol. The summed E-state index contributed by atoms with van der Waals surface area (Å²) in [4.78, 5) is 11.2. The lowest BCUT2D eigenvalue weighted by Crippen LogP contribution is -2.42. The van der Waals surface area contributed by atoms with E-state index in [1.165, 1.54) is 18.2 Å². The highest BCUT2D eigenvalue weighted by molar-refractivity contribution is 6.69. The van der Waals surface area contributed by atoms with Gasteiger partial charge in [0.2, 0.25) is 10.1 Å². The molecule has 0 amide bonds. The summed E-state index contributed by atoms with van der Waals surface area (Å²) in [7, 11) is 0. The molecule has 1 aliphatic heterocycles. The van der Waals surface area contributed by atoms with Crippen molar-refractivity contribution >= 4 is 86.4 Å². The maximum Gasteiger partial charge on any atom is 0.252 e. The number of ether oxygens (including phenoxy) is 2. The van der Waals surface area contributed by atoms with Gasteiger partial charge in [0, 0.05) is 11.1 Å². The van der Waals surface area contributed by atoms with E-state index in [2.05, 4.69) is 0 Å². The Kier molecular flexibility index (Phi) is 5.40. The maximum atomic E-state index is 11.2. The second-order valence-electron chi connectivity index (χ2n) is 4.08. The van der Waals surface area contributed by atoms with Gasteiger partial charge in [-0.05, 0) is 29.8 Å². The van der Waals surface area contributed by atoms with Crippen molar-refractivity contribution in [3.63, 3.8) is 0 Å². The van der Waals surface area contributed by atoms with Gasteiger partial charge in [-0.1, -0.05) is 69.6 Å². The number of carbonyl (C=O) groups excluding carboxylic acids is 1. The molecule has 0 radical (unpaired) electrons. The molecule has 116 valence electrons. The molecule has 2 atom stereocenters. The van der Waals surface area contributed by atoms with Crippen LogP contribution in [0.3, 0.4) is 0 Å². The maximum absolute atomic E-state index is 11.2. The molecule has 3 nitrogen and oxygen atoms in total. The fourth-order valence-corrected chi connectivity index (χ4v) is 2.63. The summed E-state index contributed by atoms with van der Waals surface area (Å²) < 4.78 is 7.05. The number of alkyl halides is 6. The molecule has 2 unspecified atom stereocenters. The molecule has 10 heteroatoms. The van der Waals surface area contributed by atoms with E-state index in [1.807, 2.05) is 0 Å². The molecule has 2 rings (SSSR count). The summed E-state index contributed by atoms with van der Waals surface area (Å²) in [6.07, 6.45) is -2.39. The summed E-state index contributed by atoms with van der Waals surface area (Å²) in [6, 6.07) is 4.29. The molecule has 1 aromatic carbocycles. The highest BCUT2D eigenvalue weighted by Gasteiger charge is 2.48. The fourth-order valence-electron chi connectivity index (χ4n) is 1.72. The van der Waals surface area contributed by atoms with E-state index in [9.17, 15) is 4.79 Å². The third-order valence-corrected chi connectivity index (χ3v) is 3.92. The zero-order chi connectivity index (χ0) is 16.0. The van der Waals surface area contributed by atoms with Gasteiger partial charge < -0.3 is 9.47 Å². The Labute approximate surface area is 155 Å².